The van der Waals surface area contributed by atoms with Gasteiger partial charge in [0.1, 0.15) is 5.82 Å². The topological polar surface area (TPSA) is 59.6 Å². The maximum atomic E-state index is 12.7. The minimum Gasteiger partial charge on any atom is -0.368 e. The Balaban J connectivity index is 2.08. The molecule has 0 saturated heterocycles. The van der Waals surface area contributed by atoms with Crippen LogP contribution in [0.15, 0.2) is 24.3 Å². The largest absolute Gasteiger partial charge is 0.368 e. The zero-order valence-electron chi connectivity index (χ0n) is 8.48. The van der Waals surface area contributed by atoms with E-state index in [0.29, 0.717) is 17.3 Å². The standard InChI is InChI=1S/C10H11FN4S/c11-8-3-1-7(2-4-8)5-6-15-9(12)13-14-10(15)16/h1-4H,5-6H2,(H2,12,13)(H,14,16). The van der Waals surface area contributed by atoms with Crippen LogP contribution in [0.3, 0.4) is 0 Å². The molecular formula is C10H11FN4S. The van der Waals surface area contributed by atoms with Crippen molar-refractivity contribution in [3.63, 3.8) is 0 Å². The van der Waals surface area contributed by atoms with Crippen LogP contribution in [0.4, 0.5) is 10.3 Å². The van der Waals surface area contributed by atoms with Gasteiger partial charge in [0.05, 0.1) is 0 Å². The molecule has 1 heterocycles. The quantitative estimate of drug-likeness (QED) is 0.803. The predicted octanol–water partition coefficient (Wildman–Crippen LogP) is 1.90. The fourth-order valence-electron chi connectivity index (χ4n) is 1.44. The Hall–Kier alpha value is -1.69. The Bertz CT molecular complexity index is 528. The van der Waals surface area contributed by atoms with Gasteiger partial charge in [-0.3, -0.25) is 4.57 Å². The molecule has 2 aromatic rings. The molecule has 0 aliphatic carbocycles. The smallest absolute Gasteiger partial charge is 0.220 e. The van der Waals surface area contributed by atoms with Crippen molar-refractivity contribution in [2.45, 2.75) is 13.0 Å². The monoisotopic (exact) mass is 238 g/mol. The van der Waals surface area contributed by atoms with E-state index in [-0.39, 0.29) is 5.82 Å². The van der Waals surface area contributed by atoms with Crippen LogP contribution in [0.25, 0.3) is 0 Å². The van der Waals surface area contributed by atoms with E-state index in [1.807, 2.05) is 0 Å². The first-order valence-electron chi connectivity index (χ1n) is 4.82. The third-order valence-electron chi connectivity index (χ3n) is 2.33. The highest BCUT2D eigenvalue weighted by molar-refractivity contribution is 7.71. The molecule has 0 aliphatic rings. The fourth-order valence-corrected chi connectivity index (χ4v) is 1.67. The van der Waals surface area contributed by atoms with E-state index in [0.717, 1.165) is 12.0 Å². The second-order valence-electron chi connectivity index (χ2n) is 3.42. The Morgan fingerprint density at radius 1 is 1.38 bits per heavy atom. The third kappa shape index (κ3) is 2.27. The Labute approximate surface area is 96.9 Å². The molecule has 0 radical (unpaired) electrons. The van der Waals surface area contributed by atoms with Crippen LogP contribution in [0, 0.1) is 10.6 Å². The van der Waals surface area contributed by atoms with Gasteiger partial charge in [-0.15, -0.1) is 5.10 Å². The molecule has 0 fully saturated rings. The lowest BCUT2D eigenvalue weighted by atomic mass is 10.1. The highest BCUT2D eigenvalue weighted by Gasteiger charge is 2.01. The van der Waals surface area contributed by atoms with Crippen molar-refractivity contribution >= 4 is 18.2 Å². The number of nitrogens with two attached hydrogens (primary N) is 1. The van der Waals surface area contributed by atoms with E-state index < -0.39 is 0 Å². The lowest BCUT2D eigenvalue weighted by Crippen LogP contribution is -2.05. The summed E-state index contributed by atoms with van der Waals surface area (Å²) in [6.07, 6.45) is 0.734. The summed E-state index contributed by atoms with van der Waals surface area (Å²) in [5.41, 5.74) is 6.65. The summed E-state index contributed by atoms with van der Waals surface area (Å²) in [7, 11) is 0. The van der Waals surface area contributed by atoms with Gasteiger partial charge in [-0.25, -0.2) is 9.49 Å². The summed E-state index contributed by atoms with van der Waals surface area (Å²) >= 11 is 5.01. The fraction of sp³-hybridized carbons (Fsp3) is 0.200. The maximum Gasteiger partial charge on any atom is 0.220 e. The van der Waals surface area contributed by atoms with E-state index in [1.165, 1.54) is 12.1 Å². The number of aromatic amines is 1. The highest BCUT2D eigenvalue weighted by Crippen LogP contribution is 2.06. The lowest BCUT2D eigenvalue weighted by Gasteiger charge is -2.03. The van der Waals surface area contributed by atoms with Crippen molar-refractivity contribution in [1.29, 1.82) is 0 Å². The number of nitrogen functional groups attached to an aromatic ring is 1. The molecule has 3 N–H and O–H groups in total. The summed E-state index contributed by atoms with van der Waals surface area (Å²) < 4.78 is 14.9. The number of aromatic nitrogens is 3. The second-order valence-corrected chi connectivity index (χ2v) is 3.80. The number of hydrogen-bond donors (Lipinski definition) is 2. The number of H-pyrrole nitrogens is 1. The van der Waals surface area contributed by atoms with Crippen molar-refractivity contribution in [2.75, 3.05) is 5.73 Å². The molecule has 16 heavy (non-hydrogen) atoms. The van der Waals surface area contributed by atoms with Crippen molar-refractivity contribution in [3.05, 3.63) is 40.4 Å². The molecule has 0 aliphatic heterocycles. The van der Waals surface area contributed by atoms with Crippen molar-refractivity contribution < 1.29 is 4.39 Å². The number of anilines is 1. The second kappa shape index (κ2) is 4.44. The van der Waals surface area contributed by atoms with Gasteiger partial charge in [0.25, 0.3) is 0 Å². The molecule has 1 aromatic carbocycles. The summed E-state index contributed by atoms with van der Waals surface area (Å²) in [5, 5.41) is 6.42. The maximum absolute atomic E-state index is 12.7. The molecule has 1 aromatic heterocycles. The van der Waals surface area contributed by atoms with E-state index in [4.69, 9.17) is 18.0 Å². The first-order chi connectivity index (χ1) is 7.66. The van der Waals surface area contributed by atoms with E-state index in [2.05, 4.69) is 10.2 Å². The third-order valence-corrected chi connectivity index (χ3v) is 2.64. The average molecular weight is 238 g/mol. The van der Waals surface area contributed by atoms with Crippen molar-refractivity contribution in [3.8, 4) is 0 Å². The van der Waals surface area contributed by atoms with E-state index in [9.17, 15) is 4.39 Å². The number of hydrogen-bond acceptors (Lipinski definition) is 3. The van der Waals surface area contributed by atoms with Crippen LogP contribution in [0.2, 0.25) is 0 Å². The van der Waals surface area contributed by atoms with Gasteiger partial charge < -0.3 is 5.73 Å². The molecule has 0 unspecified atom stereocenters. The van der Waals surface area contributed by atoms with Gasteiger partial charge in [-0.1, -0.05) is 12.1 Å². The van der Waals surface area contributed by atoms with Crippen LogP contribution in [0.1, 0.15) is 5.56 Å². The van der Waals surface area contributed by atoms with Crippen molar-refractivity contribution in [1.82, 2.24) is 14.8 Å². The Kier molecular flexibility index (Phi) is 3.00. The van der Waals surface area contributed by atoms with Gasteiger partial charge in [-0.05, 0) is 36.3 Å². The molecule has 0 saturated carbocycles. The van der Waals surface area contributed by atoms with Gasteiger partial charge in [0, 0.05) is 6.54 Å². The minimum atomic E-state index is -0.233. The SMILES string of the molecule is Nc1n[nH]c(=S)n1CCc1ccc(F)cc1. The molecule has 84 valence electrons. The van der Waals surface area contributed by atoms with Crippen LogP contribution in [-0.2, 0) is 13.0 Å². The average Bonchev–Trinajstić information content (AvgIpc) is 2.59. The molecule has 0 amide bonds. The van der Waals surface area contributed by atoms with Crippen LogP contribution < -0.4 is 5.73 Å². The molecule has 0 bridgehead atoms. The molecule has 6 heteroatoms. The van der Waals surface area contributed by atoms with Gasteiger partial charge in [0.15, 0.2) is 4.77 Å². The van der Waals surface area contributed by atoms with Crippen molar-refractivity contribution in [2.24, 2.45) is 0 Å². The molecule has 4 nitrogen and oxygen atoms in total. The zero-order chi connectivity index (χ0) is 11.5. The van der Waals surface area contributed by atoms with Gasteiger partial charge in [-0.2, -0.15) is 0 Å². The summed E-state index contributed by atoms with van der Waals surface area (Å²) in [6.45, 7) is 0.632. The zero-order valence-corrected chi connectivity index (χ0v) is 9.30. The van der Waals surface area contributed by atoms with Crippen LogP contribution >= 0.6 is 12.2 Å². The van der Waals surface area contributed by atoms with Crippen LogP contribution in [0.5, 0.6) is 0 Å². The number of aryl methyl sites for hydroxylation is 1. The number of halogens is 1. The summed E-state index contributed by atoms with van der Waals surface area (Å²) in [6, 6.07) is 6.37. The molecule has 2 rings (SSSR count). The molecule has 0 atom stereocenters. The predicted molar refractivity (Wildman–Crippen MR) is 61.9 cm³/mol. The summed E-state index contributed by atoms with van der Waals surface area (Å²) in [5.74, 6) is 0.135. The molecular weight excluding hydrogens is 227 g/mol. The molecule has 0 spiro atoms. The highest BCUT2D eigenvalue weighted by atomic mass is 32.1. The van der Waals surface area contributed by atoms with Gasteiger partial charge >= 0.3 is 0 Å². The number of benzene rings is 1. The Morgan fingerprint density at radius 3 is 2.62 bits per heavy atom. The number of rotatable bonds is 3. The normalized spacial score (nSPS) is 10.6. The van der Waals surface area contributed by atoms with E-state index >= 15 is 0 Å². The number of nitrogens with one attached hydrogen (secondary N) is 1. The first-order valence-corrected chi connectivity index (χ1v) is 5.23. The first kappa shape index (κ1) is 10.8. The Morgan fingerprint density at radius 2 is 2.06 bits per heavy atom. The van der Waals surface area contributed by atoms with E-state index in [1.54, 1.807) is 16.7 Å². The van der Waals surface area contributed by atoms with Gasteiger partial charge in [0.2, 0.25) is 5.95 Å². The minimum absolute atomic E-state index is 0.233. The number of nitrogens with zero attached hydrogens (tertiary/aromatic N) is 2. The summed E-state index contributed by atoms with van der Waals surface area (Å²) in [4.78, 5) is 0. The van der Waals surface area contributed by atoms with Crippen LogP contribution in [-0.4, -0.2) is 14.8 Å². The lowest BCUT2D eigenvalue weighted by molar-refractivity contribution is 0.625.